The molecule has 116 valence electrons. The lowest BCUT2D eigenvalue weighted by Crippen LogP contribution is -2.52. The summed E-state index contributed by atoms with van der Waals surface area (Å²) in [6, 6.07) is -1.31. The Morgan fingerprint density at radius 1 is 1.52 bits per heavy atom. The number of carbonyl (C=O) groups is 2. The number of nitrogens with one attached hydrogen (secondary N) is 3. The molecule has 0 saturated carbocycles. The van der Waals surface area contributed by atoms with Crippen LogP contribution in [-0.2, 0) is 11.2 Å². The Bertz CT molecular complexity index is 468. The molecule has 1 atom stereocenters. The number of aromatic nitrogens is 2. The van der Waals surface area contributed by atoms with E-state index in [0.717, 1.165) is 25.9 Å². The van der Waals surface area contributed by atoms with E-state index in [9.17, 15) is 14.7 Å². The highest BCUT2D eigenvalue weighted by molar-refractivity contribution is 5.82. The van der Waals surface area contributed by atoms with Crippen molar-refractivity contribution >= 4 is 12.0 Å². The monoisotopic (exact) mass is 295 g/mol. The number of hydrogen-bond donors (Lipinski definition) is 4. The third kappa shape index (κ3) is 4.75. The Morgan fingerprint density at radius 2 is 2.24 bits per heavy atom. The molecule has 21 heavy (non-hydrogen) atoms. The summed E-state index contributed by atoms with van der Waals surface area (Å²) in [5.41, 5.74) is 0.669. The molecule has 1 fully saturated rings. The van der Waals surface area contributed by atoms with Gasteiger partial charge in [0, 0.05) is 24.4 Å². The summed E-state index contributed by atoms with van der Waals surface area (Å²) in [6.07, 6.45) is 4.96. The van der Waals surface area contributed by atoms with Gasteiger partial charge in [0.2, 0.25) is 0 Å². The van der Waals surface area contributed by atoms with Crippen molar-refractivity contribution in [3.05, 3.63) is 18.2 Å². The summed E-state index contributed by atoms with van der Waals surface area (Å²) in [5, 5.41) is 14.5. The predicted octanol–water partition coefficient (Wildman–Crippen LogP) is -0.201. The van der Waals surface area contributed by atoms with Crippen LogP contribution in [0, 0.1) is 0 Å². The van der Waals surface area contributed by atoms with Crippen molar-refractivity contribution in [2.45, 2.75) is 31.3 Å². The number of carbonyl (C=O) groups excluding carboxylic acids is 1. The Balaban J connectivity index is 1.82. The summed E-state index contributed by atoms with van der Waals surface area (Å²) in [5.74, 6) is -1.07. The number of amides is 2. The number of likely N-dealkylation sites (tertiary alicyclic amines) is 1. The number of piperidine rings is 1. The summed E-state index contributed by atoms with van der Waals surface area (Å²) < 4.78 is 0. The first kappa shape index (κ1) is 15.3. The van der Waals surface area contributed by atoms with Crippen molar-refractivity contribution in [1.29, 1.82) is 0 Å². The molecule has 0 aliphatic carbocycles. The lowest BCUT2D eigenvalue weighted by atomic mass is 10.1. The molecule has 2 amide bonds. The molecule has 2 rings (SSSR count). The van der Waals surface area contributed by atoms with E-state index in [1.807, 2.05) is 7.05 Å². The lowest BCUT2D eigenvalue weighted by Gasteiger charge is -2.29. The van der Waals surface area contributed by atoms with Crippen LogP contribution >= 0.6 is 0 Å². The van der Waals surface area contributed by atoms with E-state index < -0.39 is 18.0 Å². The number of urea groups is 1. The van der Waals surface area contributed by atoms with E-state index >= 15 is 0 Å². The maximum atomic E-state index is 11.9. The highest BCUT2D eigenvalue weighted by Gasteiger charge is 2.23. The zero-order valence-corrected chi connectivity index (χ0v) is 12.0. The van der Waals surface area contributed by atoms with Crippen molar-refractivity contribution in [3.8, 4) is 0 Å². The van der Waals surface area contributed by atoms with Gasteiger partial charge in [0.15, 0.2) is 0 Å². The van der Waals surface area contributed by atoms with Gasteiger partial charge in [0.1, 0.15) is 6.04 Å². The van der Waals surface area contributed by atoms with Gasteiger partial charge in [-0.25, -0.2) is 14.6 Å². The van der Waals surface area contributed by atoms with Crippen molar-refractivity contribution in [2.24, 2.45) is 0 Å². The number of hydrogen-bond acceptors (Lipinski definition) is 4. The zero-order chi connectivity index (χ0) is 15.2. The first-order chi connectivity index (χ1) is 10.0. The standard InChI is InChI=1S/C13H21N5O3/c1-18-4-2-9(3-5-18)16-13(21)17-11(12(19)20)6-10-7-14-8-15-10/h7-9,11H,2-6H2,1H3,(H,14,15)(H,19,20)(H2,16,17,21)/t11-/m0/s1. The Hall–Kier alpha value is -2.09. The number of imidazole rings is 1. The average molecular weight is 295 g/mol. The van der Waals surface area contributed by atoms with Crippen LogP contribution < -0.4 is 10.6 Å². The number of aliphatic carboxylic acids is 1. The smallest absolute Gasteiger partial charge is 0.326 e. The second-order valence-electron chi connectivity index (χ2n) is 5.37. The molecule has 1 aliphatic rings. The zero-order valence-electron chi connectivity index (χ0n) is 12.0. The van der Waals surface area contributed by atoms with E-state index in [1.165, 1.54) is 6.33 Å². The average Bonchev–Trinajstić information content (AvgIpc) is 2.93. The maximum absolute atomic E-state index is 11.9. The highest BCUT2D eigenvalue weighted by atomic mass is 16.4. The van der Waals surface area contributed by atoms with E-state index in [4.69, 9.17) is 0 Å². The van der Waals surface area contributed by atoms with Gasteiger partial charge in [-0.1, -0.05) is 0 Å². The summed E-state index contributed by atoms with van der Waals surface area (Å²) in [7, 11) is 2.04. The first-order valence-corrected chi connectivity index (χ1v) is 7.00. The molecule has 2 heterocycles. The molecule has 0 spiro atoms. The van der Waals surface area contributed by atoms with Crippen LogP contribution in [0.4, 0.5) is 4.79 Å². The van der Waals surface area contributed by atoms with Crippen LogP contribution in [0.25, 0.3) is 0 Å². The Labute approximate surface area is 122 Å². The third-order valence-corrected chi connectivity index (χ3v) is 3.64. The van der Waals surface area contributed by atoms with Crippen molar-refractivity contribution in [3.63, 3.8) is 0 Å². The molecule has 0 bridgehead atoms. The van der Waals surface area contributed by atoms with Crippen LogP contribution in [0.3, 0.4) is 0 Å². The number of nitrogens with zero attached hydrogens (tertiary/aromatic N) is 2. The first-order valence-electron chi connectivity index (χ1n) is 7.00. The fourth-order valence-electron chi connectivity index (χ4n) is 2.35. The quantitative estimate of drug-likeness (QED) is 0.601. The number of carboxylic acid groups (broad SMARTS) is 1. The van der Waals surface area contributed by atoms with Crippen molar-refractivity contribution < 1.29 is 14.7 Å². The van der Waals surface area contributed by atoms with Crippen molar-refractivity contribution in [1.82, 2.24) is 25.5 Å². The summed E-state index contributed by atoms with van der Waals surface area (Å²) in [6.45, 7) is 1.86. The van der Waals surface area contributed by atoms with Gasteiger partial charge in [-0.15, -0.1) is 0 Å². The minimum absolute atomic E-state index is 0.0998. The SMILES string of the molecule is CN1CCC(NC(=O)N[C@@H](Cc2cnc[nH]2)C(=O)O)CC1. The van der Waals surface area contributed by atoms with Gasteiger partial charge < -0.3 is 25.6 Å². The van der Waals surface area contributed by atoms with E-state index in [2.05, 4.69) is 25.5 Å². The van der Waals surface area contributed by atoms with E-state index in [-0.39, 0.29) is 12.5 Å². The van der Waals surface area contributed by atoms with E-state index in [1.54, 1.807) is 6.20 Å². The van der Waals surface area contributed by atoms with Crippen LogP contribution in [0.15, 0.2) is 12.5 Å². The molecule has 1 aromatic rings. The molecular formula is C13H21N5O3. The molecule has 8 nitrogen and oxygen atoms in total. The number of aromatic amines is 1. The Kier molecular flexibility index (Phi) is 5.15. The third-order valence-electron chi connectivity index (χ3n) is 3.64. The van der Waals surface area contributed by atoms with Gasteiger partial charge in [-0.2, -0.15) is 0 Å². The molecular weight excluding hydrogens is 274 g/mol. The molecule has 0 radical (unpaired) electrons. The van der Waals surface area contributed by atoms with Crippen LogP contribution in [0.1, 0.15) is 18.5 Å². The van der Waals surface area contributed by atoms with Gasteiger partial charge in [0.25, 0.3) is 0 Å². The van der Waals surface area contributed by atoms with Crippen LogP contribution in [0.5, 0.6) is 0 Å². The molecule has 0 unspecified atom stereocenters. The normalized spacial score (nSPS) is 18.1. The Morgan fingerprint density at radius 3 is 2.81 bits per heavy atom. The summed E-state index contributed by atoms with van der Waals surface area (Å²) >= 11 is 0. The van der Waals surface area contributed by atoms with Crippen LogP contribution in [-0.4, -0.2) is 64.2 Å². The lowest BCUT2D eigenvalue weighted by molar-refractivity contribution is -0.139. The van der Waals surface area contributed by atoms with Gasteiger partial charge in [0.05, 0.1) is 6.33 Å². The minimum atomic E-state index is -1.07. The molecule has 4 N–H and O–H groups in total. The molecule has 8 heteroatoms. The molecule has 1 aliphatic heterocycles. The molecule has 0 aromatic carbocycles. The second kappa shape index (κ2) is 7.07. The number of H-pyrrole nitrogens is 1. The fourth-order valence-corrected chi connectivity index (χ4v) is 2.35. The second-order valence-corrected chi connectivity index (χ2v) is 5.37. The largest absolute Gasteiger partial charge is 0.480 e. The predicted molar refractivity (Wildman–Crippen MR) is 75.9 cm³/mol. The topological polar surface area (TPSA) is 110 Å². The van der Waals surface area contributed by atoms with Gasteiger partial charge in [-0.05, 0) is 33.0 Å². The number of carboxylic acids is 1. The maximum Gasteiger partial charge on any atom is 0.326 e. The van der Waals surface area contributed by atoms with E-state index in [0.29, 0.717) is 5.69 Å². The summed E-state index contributed by atoms with van der Waals surface area (Å²) in [4.78, 5) is 32.0. The van der Waals surface area contributed by atoms with Gasteiger partial charge in [-0.3, -0.25) is 0 Å². The highest BCUT2D eigenvalue weighted by Crippen LogP contribution is 2.08. The van der Waals surface area contributed by atoms with Gasteiger partial charge >= 0.3 is 12.0 Å². The minimum Gasteiger partial charge on any atom is -0.480 e. The fraction of sp³-hybridized carbons (Fsp3) is 0.615. The number of rotatable bonds is 5. The van der Waals surface area contributed by atoms with Crippen LogP contribution in [0.2, 0.25) is 0 Å². The van der Waals surface area contributed by atoms with Crippen molar-refractivity contribution in [2.75, 3.05) is 20.1 Å². The molecule has 1 saturated heterocycles. The molecule has 1 aromatic heterocycles.